The Morgan fingerprint density at radius 1 is 1.53 bits per heavy atom. The van der Waals surface area contributed by atoms with E-state index in [9.17, 15) is 9.90 Å². The third-order valence-electron chi connectivity index (χ3n) is 2.18. The summed E-state index contributed by atoms with van der Waals surface area (Å²) in [7, 11) is 0. The molecule has 0 aliphatic carbocycles. The van der Waals surface area contributed by atoms with E-state index in [1.165, 1.54) is 22.7 Å². The highest BCUT2D eigenvalue weighted by Crippen LogP contribution is 2.20. The highest BCUT2D eigenvalue weighted by molar-refractivity contribution is 9.10. The molecule has 2 heterocycles. The molecule has 1 atom stereocenters. The number of hydrogen-bond donors (Lipinski definition) is 2. The van der Waals surface area contributed by atoms with Crippen LogP contribution < -0.4 is 5.32 Å². The number of aliphatic hydroxyl groups excluding tert-OH is 1. The Kier molecular flexibility index (Phi) is 4.33. The van der Waals surface area contributed by atoms with Crippen molar-refractivity contribution in [1.82, 2.24) is 5.32 Å². The van der Waals surface area contributed by atoms with Gasteiger partial charge >= 0.3 is 0 Å². The molecule has 6 heteroatoms. The Morgan fingerprint density at radius 3 is 2.94 bits per heavy atom. The van der Waals surface area contributed by atoms with Gasteiger partial charge in [0.05, 0.1) is 11.0 Å². The smallest absolute Gasteiger partial charge is 0.261 e. The van der Waals surface area contributed by atoms with Crippen LogP contribution in [0, 0.1) is 0 Å². The predicted molar refractivity (Wildman–Crippen MR) is 73.6 cm³/mol. The lowest BCUT2D eigenvalue weighted by Gasteiger charge is -2.09. The lowest BCUT2D eigenvalue weighted by molar-refractivity contribution is 0.0920. The normalized spacial score (nSPS) is 12.4. The summed E-state index contributed by atoms with van der Waals surface area (Å²) in [5.74, 6) is -0.157. The largest absolute Gasteiger partial charge is 0.387 e. The van der Waals surface area contributed by atoms with Crippen LogP contribution in [0.15, 0.2) is 32.7 Å². The molecule has 0 bridgehead atoms. The molecule has 2 N–H and O–H groups in total. The van der Waals surface area contributed by atoms with Crippen LogP contribution in [0.2, 0.25) is 0 Å². The highest BCUT2D eigenvalue weighted by atomic mass is 79.9. The molecule has 2 aromatic heterocycles. The minimum absolute atomic E-state index is 0.157. The van der Waals surface area contributed by atoms with E-state index in [0.717, 1.165) is 10.0 Å². The van der Waals surface area contributed by atoms with Crippen molar-refractivity contribution >= 4 is 44.5 Å². The SMILES string of the molecule is O=C(NCC(O)c1ccsc1)c1cc(Br)cs1. The molecule has 1 unspecified atom stereocenters. The molecule has 1 amide bonds. The molecule has 90 valence electrons. The van der Waals surface area contributed by atoms with E-state index < -0.39 is 6.10 Å². The van der Waals surface area contributed by atoms with Crippen molar-refractivity contribution in [3.05, 3.63) is 43.2 Å². The Morgan fingerprint density at radius 2 is 2.35 bits per heavy atom. The molecule has 0 aromatic carbocycles. The van der Waals surface area contributed by atoms with Gasteiger partial charge in [0, 0.05) is 16.4 Å². The summed E-state index contributed by atoms with van der Waals surface area (Å²) in [4.78, 5) is 12.3. The Labute approximate surface area is 115 Å². The third kappa shape index (κ3) is 3.38. The molecule has 0 saturated carbocycles. The van der Waals surface area contributed by atoms with E-state index in [1.54, 1.807) is 6.07 Å². The standard InChI is InChI=1S/C11H10BrNO2S2/c12-8-3-10(17-6-8)11(15)13-4-9(14)7-1-2-16-5-7/h1-3,5-6,9,14H,4H2,(H,13,15). The summed E-state index contributed by atoms with van der Waals surface area (Å²) in [5.41, 5.74) is 0.836. The van der Waals surface area contributed by atoms with E-state index in [2.05, 4.69) is 21.2 Å². The summed E-state index contributed by atoms with van der Waals surface area (Å²) in [5, 5.41) is 18.1. The van der Waals surface area contributed by atoms with Crippen LogP contribution in [-0.2, 0) is 0 Å². The van der Waals surface area contributed by atoms with Crippen molar-refractivity contribution in [2.45, 2.75) is 6.10 Å². The average Bonchev–Trinajstić information content (AvgIpc) is 2.95. The molecule has 0 fully saturated rings. The van der Waals surface area contributed by atoms with Crippen LogP contribution in [0.1, 0.15) is 21.3 Å². The number of nitrogens with one attached hydrogen (secondary N) is 1. The van der Waals surface area contributed by atoms with Gasteiger partial charge in [-0.05, 0) is 44.4 Å². The third-order valence-corrected chi connectivity index (χ3v) is 4.57. The quantitative estimate of drug-likeness (QED) is 0.904. The molecule has 0 aliphatic heterocycles. The van der Waals surface area contributed by atoms with Crippen LogP contribution in [0.5, 0.6) is 0 Å². The zero-order chi connectivity index (χ0) is 12.3. The van der Waals surface area contributed by atoms with Gasteiger partial charge in [-0.3, -0.25) is 4.79 Å². The summed E-state index contributed by atoms with van der Waals surface area (Å²) in [6.07, 6.45) is -0.645. The summed E-state index contributed by atoms with van der Waals surface area (Å²) >= 11 is 6.19. The number of amides is 1. The second-order valence-electron chi connectivity index (χ2n) is 3.41. The van der Waals surface area contributed by atoms with Gasteiger partial charge in [0.25, 0.3) is 5.91 Å². The second kappa shape index (κ2) is 5.77. The van der Waals surface area contributed by atoms with Crippen LogP contribution in [0.3, 0.4) is 0 Å². The highest BCUT2D eigenvalue weighted by Gasteiger charge is 2.12. The lowest BCUT2D eigenvalue weighted by atomic mass is 10.2. The first kappa shape index (κ1) is 12.8. The molecule has 0 aliphatic rings. The van der Waals surface area contributed by atoms with E-state index in [-0.39, 0.29) is 12.5 Å². The molecule has 0 radical (unpaired) electrons. The number of aliphatic hydroxyl groups is 1. The first-order valence-electron chi connectivity index (χ1n) is 4.89. The predicted octanol–water partition coefficient (Wildman–Crippen LogP) is 3.04. The molecule has 2 rings (SSSR count). The summed E-state index contributed by atoms with van der Waals surface area (Å²) in [6.45, 7) is 0.227. The number of hydrogen-bond acceptors (Lipinski definition) is 4. The number of thiophene rings is 2. The Bertz CT molecular complexity index is 495. The van der Waals surface area contributed by atoms with Crippen molar-refractivity contribution in [3.8, 4) is 0 Å². The summed E-state index contributed by atoms with van der Waals surface area (Å²) < 4.78 is 0.894. The molecule has 2 aromatic rings. The minimum Gasteiger partial charge on any atom is -0.387 e. The minimum atomic E-state index is -0.645. The monoisotopic (exact) mass is 331 g/mol. The van der Waals surface area contributed by atoms with Crippen molar-refractivity contribution < 1.29 is 9.90 Å². The molecule has 17 heavy (non-hydrogen) atoms. The average molecular weight is 332 g/mol. The van der Waals surface area contributed by atoms with E-state index in [4.69, 9.17) is 0 Å². The maximum Gasteiger partial charge on any atom is 0.261 e. The van der Waals surface area contributed by atoms with Crippen LogP contribution in [0.4, 0.5) is 0 Å². The Hall–Kier alpha value is -0.690. The van der Waals surface area contributed by atoms with Gasteiger partial charge in [0.1, 0.15) is 0 Å². The topological polar surface area (TPSA) is 49.3 Å². The fourth-order valence-electron chi connectivity index (χ4n) is 1.29. The zero-order valence-electron chi connectivity index (χ0n) is 8.72. The van der Waals surface area contributed by atoms with Crippen LogP contribution in [-0.4, -0.2) is 17.6 Å². The molecule has 3 nitrogen and oxygen atoms in total. The van der Waals surface area contributed by atoms with Gasteiger partial charge < -0.3 is 10.4 Å². The number of rotatable bonds is 4. The van der Waals surface area contributed by atoms with Crippen molar-refractivity contribution in [3.63, 3.8) is 0 Å². The Balaban J connectivity index is 1.88. The maximum absolute atomic E-state index is 11.7. The molecule has 0 spiro atoms. The first-order chi connectivity index (χ1) is 8.16. The van der Waals surface area contributed by atoms with Gasteiger partial charge in [0.15, 0.2) is 0 Å². The first-order valence-corrected chi connectivity index (χ1v) is 7.51. The van der Waals surface area contributed by atoms with Gasteiger partial charge in [-0.25, -0.2) is 0 Å². The number of carbonyl (C=O) groups is 1. The molecular formula is C11H10BrNO2S2. The fraction of sp³-hybridized carbons (Fsp3) is 0.182. The summed E-state index contributed by atoms with van der Waals surface area (Å²) in [6, 6.07) is 3.61. The maximum atomic E-state index is 11.7. The number of carbonyl (C=O) groups excluding carboxylic acids is 1. The van der Waals surface area contributed by atoms with Crippen molar-refractivity contribution in [1.29, 1.82) is 0 Å². The van der Waals surface area contributed by atoms with Crippen molar-refractivity contribution in [2.24, 2.45) is 0 Å². The zero-order valence-corrected chi connectivity index (χ0v) is 11.9. The van der Waals surface area contributed by atoms with E-state index >= 15 is 0 Å². The van der Waals surface area contributed by atoms with Crippen molar-refractivity contribution in [2.75, 3.05) is 6.54 Å². The van der Waals surface area contributed by atoms with Gasteiger partial charge in [-0.15, -0.1) is 11.3 Å². The second-order valence-corrected chi connectivity index (χ2v) is 6.02. The fourth-order valence-corrected chi connectivity index (χ4v) is 3.34. The number of halogens is 1. The van der Waals surface area contributed by atoms with Gasteiger partial charge in [0.2, 0.25) is 0 Å². The van der Waals surface area contributed by atoms with Crippen LogP contribution in [0.25, 0.3) is 0 Å². The van der Waals surface area contributed by atoms with E-state index in [1.807, 2.05) is 22.2 Å². The lowest BCUT2D eigenvalue weighted by Crippen LogP contribution is -2.27. The van der Waals surface area contributed by atoms with E-state index in [0.29, 0.717) is 4.88 Å². The van der Waals surface area contributed by atoms with Gasteiger partial charge in [-0.2, -0.15) is 11.3 Å². The van der Waals surface area contributed by atoms with Gasteiger partial charge in [-0.1, -0.05) is 0 Å². The molecule has 0 saturated heterocycles. The van der Waals surface area contributed by atoms with Crippen LogP contribution >= 0.6 is 38.6 Å². The molecular weight excluding hydrogens is 322 g/mol.